The van der Waals surface area contributed by atoms with Crippen LogP contribution in [0.4, 0.5) is 0 Å². The number of likely N-dealkylation sites (N-methyl/N-ethyl adjacent to an activating group) is 1. The van der Waals surface area contributed by atoms with Crippen LogP contribution in [0.25, 0.3) is 0 Å². The third-order valence-corrected chi connectivity index (χ3v) is 8.52. The highest BCUT2D eigenvalue weighted by Crippen LogP contribution is 2.28. The van der Waals surface area contributed by atoms with Gasteiger partial charge in [0.2, 0.25) is 10.0 Å². The van der Waals surface area contributed by atoms with E-state index in [1.807, 2.05) is 18.8 Å². The molecule has 1 heterocycles. The Kier molecular flexibility index (Phi) is 7.19. The second kappa shape index (κ2) is 9.41. The zero-order valence-corrected chi connectivity index (χ0v) is 17.5. The van der Waals surface area contributed by atoms with Crippen molar-refractivity contribution in [3.63, 3.8) is 0 Å². The van der Waals surface area contributed by atoms with Crippen molar-refractivity contribution in [3.8, 4) is 0 Å². The molecule has 1 aliphatic carbocycles. The summed E-state index contributed by atoms with van der Waals surface area (Å²) in [5, 5.41) is 3.65. The quantitative estimate of drug-likeness (QED) is 0.695. The predicted octanol–water partition coefficient (Wildman–Crippen LogP) is 2.03. The smallest absolute Gasteiger partial charge is 0.251 e. The summed E-state index contributed by atoms with van der Waals surface area (Å²) in [5.41, 5.74) is 0.399. The number of piperazine rings is 1. The van der Waals surface area contributed by atoms with Gasteiger partial charge in [-0.3, -0.25) is 4.79 Å². The summed E-state index contributed by atoms with van der Waals surface area (Å²) in [7, 11) is -1.57. The van der Waals surface area contributed by atoms with Gasteiger partial charge >= 0.3 is 0 Å². The van der Waals surface area contributed by atoms with Crippen LogP contribution in [-0.2, 0) is 10.0 Å². The summed E-state index contributed by atoms with van der Waals surface area (Å²) in [6.45, 7) is 3.01. The Morgan fingerprint density at radius 1 is 1.19 bits per heavy atom. The summed E-state index contributed by atoms with van der Waals surface area (Å²) < 4.78 is 27.2. The van der Waals surface area contributed by atoms with E-state index < -0.39 is 10.0 Å². The van der Waals surface area contributed by atoms with Gasteiger partial charge < -0.3 is 10.2 Å². The van der Waals surface area contributed by atoms with E-state index in [0.29, 0.717) is 25.2 Å². The highest BCUT2D eigenvalue weighted by molar-refractivity contribution is 7.99. The Bertz CT molecular complexity index is 740. The molecule has 8 heteroatoms. The van der Waals surface area contributed by atoms with Crippen LogP contribution in [0, 0.1) is 0 Å². The van der Waals surface area contributed by atoms with Crippen LogP contribution >= 0.6 is 11.8 Å². The summed E-state index contributed by atoms with van der Waals surface area (Å²) in [6, 6.07) is 6.38. The van der Waals surface area contributed by atoms with Crippen molar-refractivity contribution >= 4 is 27.7 Å². The fraction of sp³-hybridized carbons (Fsp3) is 0.632. The molecule has 0 aromatic heterocycles. The molecular weight excluding hydrogens is 382 g/mol. The summed E-state index contributed by atoms with van der Waals surface area (Å²) in [4.78, 5) is 14.7. The lowest BCUT2D eigenvalue weighted by molar-refractivity contribution is 0.0956. The number of carbonyl (C=O) groups excluding carboxylic acids is 1. The van der Waals surface area contributed by atoms with Gasteiger partial charge in [-0.15, -0.1) is 0 Å². The fourth-order valence-electron chi connectivity index (χ4n) is 3.52. The van der Waals surface area contributed by atoms with Gasteiger partial charge in [-0.05, 0) is 38.1 Å². The van der Waals surface area contributed by atoms with Gasteiger partial charge in [-0.25, -0.2) is 8.42 Å². The van der Waals surface area contributed by atoms with Gasteiger partial charge in [0.25, 0.3) is 5.91 Å². The molecule has 1 saturated carbocycles. The summed E-state index contributed by atoms with van der Waals surface area (Å²) >= 11 is 1.93. The molecule has 1 N–H and O–H groups in total. The molecule has 0 atom stereocenters. The normalized spacial score (nSPS) is 20.0. The van der Waals surface area contributed by atoms with Crippen molar-refractivity contribution in [1.29, 1.82) is 0 Å². The molecule has 2 fully saturated rings. The number of hydrogen-bond donors (Lipinski definition) is 1. The lowest BCUT2D eigenvalue weighted by atomic mass is 10.2. The summed E-state index contributed by atoms with van der Waals surface area (Å²) in [5.74, 6) is 0.688. The van der Waals surface area contributed by atoms with E-state index in [1.165, 1.54) is 36.1 Å². The molecule has 0 spiro atoms. The molecule has 0 unspecified atom stereocenters. The number of benzene rings is 1. The first-order chi connectivity index (χ1) is 13.0. The van der Waals surface area contributed by atoms with Gasteiger partial charge in [0.1, 0.15) is 0 Å². The average molecular weight is 412 g/mol. The topological polar surface area (TPSA) is 69.7 Å². The minimum Gasteiger partial charge on any atom is -0.351 e. The molecule has 3 rings (SSSR count). The van der Waals surface area contributed by atoms with Gasteiger partial charge in [0, 0.05) is 49.3 Å². The molecule has 1 aliphatic heterocycles. The van der Waals surface area contributed by atoms with E-state index in [4.69, 9.17) is 0 Å². The van der Waals surface area contributed by atoms with Crippen LogP contribution in [0.3, 0.4) is 0 Å². The molecule has 2 aliphatic rings. The van der Waals surface area contributed by atoms with Crippen molar-refractivity contribution in [2.24, 2.45) is 0 Å². The second-order valence-corrected chi connectivity index (χ2v) is 10.6. The summed E-state index contributed by atoms with van der Waals surface area (Å²) in [6.07, 6.45) is 5.20. The van der Waals surface area contributed by atoms with Crippen molar-refractivity contribution in [1.82, 2.24) is 14.5 Å². The second-order valence-electron chi connectivity index (χ2n) is 7.27. The Labute approximate surface area is 166 Å². The lowest BCUT2D eigenvalue weighted by Gasteiger charge is -2.31. The number of nitrogens with one attached hydrogen (secondary N) is 1. The van der Waals surface area contributed by atoms with Crippen LogP contribution in [0.5, 0.6) is 0 Å². The van der Waals surface area contributed by atoms with Crippen LogP contribution in [0.1, 0.15) is 36.0 Å². The Balaban J connectivity index is 1.56. The van der Waals surface area contributed by atoms with Crippen LogP contribution < -0.4 is 5.32 Å². The minimum absolute atomic E-state index is 0.194. The molecule has 1 saturated heterocycles. The van der Waals surface area contributed by atoms with Crippen molar-refractivity contribution in [3.05, 3.63) is 29.8 Å². The van der Waals surface area contributed by atoms with Gasteiger partial charge in [-0.1, -0.05) is 18.9 Å². The third kappa shape index (κ3) is 5.47. The molecule has 150 valence electrons. The molecule has 1 aromatic rings. The van der Waals surface area contributed by atoms with E-state index >= 15 is 0 Å². The highest BCUT2D eigenvalue weighted by Gasteiger charge is 2.27. The van der Waals surface area contributed by atoms with Gasteiger partial charge in [0.15, 0.2) is 0 Å². The number of hydrogen-bond acceptors (Lipinski definition) is 5. The monoisotopic (exact) mass is 411 g/mol. The predicted molar refractivity (Wildman–Crippen MR) is 110 cm³/mol. The van der Waals surface area contributed by atoms with E-state index in [1.54, 1.807) is 18.2 Å². The Morgan fingerprint density at radius 3 is 2.59 bits per heavy atom. The molecule has 0 radical (unpaired) electrons. The standard InChI is InChI=1S/C19H29N3O3S2/c1-21-10-12-22(13-11-21)27(24,25)18-8-4-5-16(15-18)19(23)20-9-14-26-17-6-2-3-7-17/h4-5,8,15,17H,2-3,6-7,9-14H2,1H3,(H,20,23). The van der Waals surface area contributed by atoms with Crippen LogP contribution in [0.2, 0.25) is 0 Å². The number of amides is 1. The van der Waals surface area contributed by atoms with E-state index in [9.17, 15) is 13.2 Å². The number of sulfonamides is 1. The molecule has 6 nitrogen and oxygen atoms in total. The maximum atomic E-state index is 12.8. The first-order valence-electron chi connectivity index (χ1n) is 9.65. The Morgan fingerprint density at radius 2 is 1.89 bits per heavy atom. The fourth-order valence-corrected chi connectivity index (χ4v) is 6.21. The molecule has 1 aromatic carbocycles. The lowest BCUT2D eigenvalue weighted by Crippen LogP contribution is -2.47. The maximum absolute atomic E-state index is 12.8. The SMILES string of the molecule is CN1CCN(S(=O)(=O)c2cccc(C(=O)NCCSC3CCCC3)c2)CC1. The molecule has 1 amide bonds. The van der Waals surface area contributed by atoms with Crippen LogP contribution in [0.15, 0.2) is 29.2 Å². The van der Waals surface area contributed by atoms with Gasteiger partial charge in [-0.2, -0.15) is 16.1 Å². The molecule has 0 bridgehead atoms. The van der Waals surface area contributed by atoms with Crippen molar-refractivity contribution in [2.75, 3.05) is 45.5 Å². The minimum atomic E-state index is -3.56. The maximum Gasteiger partial charge on any atom is 0.251 e. The van der Waals surface area contributed by atoms with Crippen molar-refractivity contribution < 1.29 is 13.2 Å². The van der Waals surface area contributed by atoms with Crippen LogP contribution in [-0.4, -0.2) is 74.3 Å². The van der Waals surface area contributed by atoms with E-state index in [-0.39, 0.29) is 10.8 Å². The average Bonchev–Trinajstić information content (AvgIpc) is 3.19. The van der Waals surface area contributed by atoms with Gasteiger partial charge in [0.05, 0.1) is 4.90 Å². The number of rotatable bonds is 7. The van der Waals surface area contributed by atoms with E-state index in [2.05, 4.69) is 10.2 Å². The number of carbonyl (C=O) groups is 1. The number of thioether (sulfide) groups is 1. The highest BCUT2D eigenvalue weighted by atomic mass is 32.2. The largest absolute Gasteiger partial charge is 0.351 e. The Hall–Kier alpha value is -1.09. The zero-order chi connectivity index (χ0) is 19.3. The first kappa shape index (κ1) is 20.6. The first-order valence-corrected chi connectivity index (χ1v) is 12.1. The van der Waals surface area contributed by atoms with Crippen molar-refractivity contribution in [2.45, 2.75) is 35.8 Å². The third-order valence-electron chi connectivity index (χ3n) is 5.24. The van der Waals surface area contributed by atoms with E-state index in [0.717, 1.165) is 24.1 Å². The number of nitrogens with zero attached hydrogens (tertiary/aromatic N) is 2. The zero-order valence-electron chi connectivity index (χ0n) is 15.9. The molecular formula is C19H29N3O3S2. The molecule has 27 heavy (non-hydrogen) atoms.